The quantitative estimate of drug-likeness (QED) is 0.639. The van der Waals surface area contributed by atoms with E-state index in [1.54, 1.807) is 7.05 Å². The van der Waals surface area contributed by atoms with Crippen LogP contribution < -0.4 is 16.6 Å². The molecule has 6 nitrogen and oxygen atoms in total. The maximum absolute atomic E-state index is 11.8. The Labute approximate surface area is 86.8 Å². The molecule has 3 N–H and O–H groups in total. The molecule has 0 saturated carbocycles. The molecule has 6 heteroatoms. The molecule has 0 saturated heterocycles. The van der Waals surface area contributed by atoms with Crippen LogP contribution in [0.5, 0.6) is 0 Å². The summed E-state index contributed by atoms with van der Waals surface area (Å²) in [6, 6.07) is 0.0515. The number of nitrogens with two attached hydrogens (primary N) is 1. The van der Waals surface area contributed by atoms with Gasteiger partial charge in [0.1, 0.15) is 5.69 Å². The summed E-state index contributed by atoms with van der Waals surface area (Å²) in [7, 11) is 1.59. The van der Waals surface area contributed by atoms with Crippen LogP contribution in [0, 0.1) is 0 Å². The number of hydrogen-bond donors (Lipinski definition) is 2. The lowest BCUT2D eigenvalue weighted by Crippen LogP contribution is -2.33. The Morgan fingerprint density at radius 3 is 2.87 bits per heavy atom. The third-order valence-electron chi connectivity index (χ3n) is 2.58. The molecule has 1 atom stereocenters. The highest BCUT2D eigenvalue weighted by molar-refractivity contribution is 5.95. The number of rotatable bonds is 0. The Morgan fingerprint density at radius 2 is 2.20 bits per heavy atom. The van der Waals surface area contributed by atoms with E-state index >= 15 is 0 Å². The molecule has 1 aromatic rings. The first-order valence-corrected chi connectivity index (χ1v) is 4.69. The fourth-order valence-electron chi connectivity index (χ4n) is 1.40. The van der Waals surface area contributed by atoms with E-state index < -0.39 is 0 Å². The molecule has 0 aliphatic carbocycles. The SMILES string of the molecule is CC1=Nc2nc(N)n(C)c(=O)c2NC1C. The topological polar surface area (TPSA) is 85.3 Å². The van der Waals surface area contributed by atoms with Crippen LogP contribution in [0.4, 0.5) is 17.5 Å². The van der Waals surface area contributed by atoms with Gasteiger partial charge in [0, 0.05) is 12.8 Å². The van der Waals surface area contributed by atoms with Crippen molar-refractivity contribution >= 4 is 23.2 Å². The number of aromatic nitrogens is 2. The molecule has 1 aliphatic rings. The van der Waals surface area contributed by atoms with Gasteiger partial charge in [-0.2, -0.15) is 4.98 Å². The minimum Gasteiger partial charge on any atom is -0.370 e. The van der Waals surface area contributed by atoms with Crippen LogP contribution in [-0.4, -0.2) is 21.3 Å². The van der Waals surface area contributed by atoms with E-state index in [2.05, 4.69) is 15.3 Å². The first kappa shape index (κ1) is 9.70. The lowest BCUT2D eigenvalue weighted by atomic mass is 10.2. The average molecular weight is 207 g/mol. The van der Waals surface area contributed by atoms with Crippen molar-refractivity contribution in [3.8, 4) is 0 Å². The molecule has 2 rings (SSSR count). The third kappa shape index (κ3) is 1.38. The van der Waals surface area contributed by atoms with Gasteiger partial charge in [-0.3, -0.25) is 9.36 Å². The van der Waals surface area contributed by atoms with Gasteiger partial charge in [-0.25, -0.2) is 4.99 Å². The number of anilines is 2. The largest absolute Gasteiger partial charge is 0.370 e. The van der Waals surface area contributed by atoms with E-state index in [4.69, 9.17) is 5.73 Å². The lowest BCUT2D eigenvalue weighted by molar-refractivity contribution is 0.834. The van der Waals surface area contributed by atoms with Crippen LogP contribution >= 0.6 is 0 Å². The monoisotopic (exact) mass is 207 g/mol. The van der Waals surface area contributed by atoms with Crippen LogP contribution in [0.2, 0.25) is 0 Å². The van der Waals surface area contributed by atoms with E-state index in [9.17, 15) is 4.79 Å². The van der Waals surface area contributed by atoms with Gasteiger partial charge in [-0.05, 0) is 13.8 Å². The molecule has 0 bridgehead atoms. The van der Waals surface area contributed by atoms with Crippen molar-refractivity contribution in [3.05, 3.63) is 10.4 Å². The number of nitrogens with one attached hydrogen (secondary N) is 1. The maximum atomic E-state index is 11.8. The highest BCUT2D eigenvalue weighted by Crippen LogP contribution is 2.24. The van der Waals surface area contributed by atoms with Gasteiger partial charge in [0.25, 0.3) is 5.56 Å². The standard InChI is InChI=1S/C9H13N5O/c1-4-5(2)12-7-6(11-4)8(15)14(3)9(10)13-7/h4,11H,1-3H3,(H2,10,13). The van der Waals surface area contributed by atoms with Crippen LogP contribution in [0.25, 0.3) is 0 Å². The summed E-state index contributed by atoms with van der Waals surface area (Å²) in [5.74, 6) is 0.554. The Balaban J connectivity index is 2.71. The molecular weight excluding hydrogens is 194 g/mol. The molecule has 1 unspecified atom stereocenters. The van der Waals surface area contributed by atoms with E-state index in [1.807, 2.05) is 13.8 Å². The molecule has 1 aliphatic heterocycles. The highest BCUT2D eigenvalue weighted by atomic mass is 16.1. The van der Waals surface area contributed by atoms with Crippen LogP contribution in [0.15, 0.2) is 9.79 Å². The molecule has 0 spiro atoms. The van der Waals surface area contributed by atoms with E-state index in [1.165, 1.54) is 4.57 Å². The zero-order valence-electron chi connectivity index (χ0n) is 8.90. The summed E-state index contributed by atoms with van der Waals surface area (Å²) in [6.45, 7) is 3.83. The van der Waals surface area contributed by atoms with Crippen molar-refractivity contribution in [2.45, 2.75) is 19.9 Å². The minimum absolute atomic E-state index is 0.0515. The number of nitrogens with zero attached hydrogens (tertiary/aromatic N) is 3. The minimum atomic E-state index is -0.194. The summed E-state index contributed by atoms with van der Waals surface area (Å²) in [6.07, 6.45) is 0. The molecule has 80 valence electrons. The van der Waals surface area contributed by atoms with Crippen molar-refractivity contribution in [2.24, 2.45) is 12.0 Å². The molecule has 1 aromatic heterocycles. The summed E-state index contributed by atoms with van der Waals surface area (Å²) in [4.78, 5) is 20.1. The van der Waals surface area contributed by atoms with Gasteiger partial charge in [-0.1, -0.05) is 0 Å². The normalized spacial score (nSPS) is 19.1. The van der Waals surface area contributed by atoms with Crippen molar-refractivity contribution in [1.82, 2.24) is 9.55 Å². The van der Waals surface area contributed by atoms with E-state index in [-0.39, 0.29) is 17.5 Å². The molecule has 2 heterocycles. The first-order valence-electron chi connectivity index (χ1n) is 4.69. The van der Waals surface area contributed by atoms with Gasteiger partial charge in [0.05, 0.1) is 6.04 Å². The maximum Gasteiger partial charge on any atom is 0.280 e. The highest BCUT2D eigenvalue weighted by Gasteiger charge is 2.20. The lowest BCUT2D eigenvalue weighted by Gasteiger charge is -2.21. The van der Waals surface area contributed by atoms with Gasteiger partial charge in [-0.15, -0.1) is 0 Å². The molecule has 0 amide bonds. The van der Waals surface area contributed by atoms with Crippen molar-refractivity contribution in [2.75, 3.05) is 11.1 Å². The van der Waals surface area contributed by atoms with Crippen LogP contribution in [-0.2, 0) is 7.05 Å². The Kier molecular flexibility index (Phi) is 1.99. The molecule has 15 heavy (non-hydrogen) atoms. The Hall–Kier alpha value is -1.85. The fourth-order valence-corrected chi connectivity index (χ4v) is 1.40. The first-order chi connectivity index (χ1) is 7.00. The van der Waals surface area contributed by atoms with Crippen molar-refractivity contribution in [3.63, 3.8) is 0 Å². The second kappa shape index (κ2) is 3.08. The zero-order chi connectivity index (χ0) is 11.2. The summed E-state index contributed by atoms with van der Waals surface area (Å²) in [5.41, 5.74) is 6.70. The number of fused-ring (bicyclic) bond motifs is 1. The molecule has 0 aromatic carbocycles. The summed E-state index contributed by atoms with van der Waals surface area (Å²) < 4.78 is 1.30. The number of nitrogen functional groups attached to an aromatic ring is 1. The number of hydrogen-bond acceptors (Lipinski definition) is 5. The van der Waals surface area contributed by atoms with Gasteiger partial charge < -0.3 is 11.1 Å². The summed E-state index contributed by atoms with van der Waals surface area (Å²) >= 11 is 0. The molecule has 0 fully saturated rings. The Morgan fingerprint density at radius 1 is 1.53 bits per heavy atom. The second-order valence-electron chi connectivity index (χ2n) is 3.65. The predicted octanol–water partition coefficient (Wildman–Crippen LogP) is 0.269. The predicted molar refractivity (Wildman–Crippen MR) is 59.7 cm³/mol. The Bertz CT molecular complexity index is 502. The van der Waals surface area contributed by atoms with E-state index in [0.717, 1.165) is 5.71 Å². The van der Waals surface area contributed by atoms with Gasteiger partial charge in [0.15, 0.2) is 5.82 Å². The second-order valence-corrected chi connectivity index (χ2v) is 3.65. The van der Waals surface area contributed by atoms with Gasteiger partial charge >= 0.3 is 0 Å². The van der Waals surface area contributed by atoms with Crippen molar-refractivity contribution in [1.29, 1.82) is 0 Å². The zero-order valence-corrected chi connectivity index (χ0v) is 8.90. The van der Waals surface area contributed by atoms with Crippen molar-refractivity contribution < 1.29 is 0 Å². The smallest absolute Gasteiger partial charge is 0.280 e. The fraction of sp³-hybridized carbons (Fsp3) is 0.444. The van der Waals surface area contributed by atoms with E-state index in [0.29, 0.717) is 11.5 Å². The third-order valence-corrected chi connectivity index (χ3v) is 2.58. The van der Waals surface area contributed by atoms with Crippen LogP contribution in [0.3, 0.4) is 0 Å². The number of aliphatic imine (C=N–C) groups is 1. The molecule has 0 radical (unpaired) electrons. The average Bonchev–Trinajstić information content (AvgIpc) is 2.19. The molecular formula is C9H13N5O. The van der Waals surface area contributed by atoms with Crippen LogP contribution in [0.1, 0.15) is 13.8 Å². The van der Waals surface area contributed by atoms with Gasteiger partial charge in [0.2, 0.25) is 5.95 Å². The summed E-state index contributed by atoms with van der Waals surface area (Å²) in [5, 5.41) is 3.06.